The van der Waals surface area contributed by atoms with E-state index in [1.165, 1.54) is 5.56 Å². The van der Waals surface area contributed by atoms with Gasteiger partial charge < -0.3 is 5.11 Å². The molecule has 0 bridgehead atoms. The molecule has 0 radical (unpaired) electrons. The first-order chi connectivity index (χ1) is 7.58. The fourth-order valence-corrected chi connectivity index (χ4v) is 2.43. The molecule has 0 aliphatic rings. The van der Waals surface area contributed by atoms with Crippen molar-refractivity contribution >= 4 is 11.3 Å². The molecule has 0 saturated heterocycles. The van der Waals surface area contributed by atoms with Crippen LogP contribution in [0.15, 0.2) is 36.0 Å². The molecule has 16 heavy (non-hydrogen) atoms. The van der Waals surface area contributed by atoms with Crippen molar-refractivity contribution in [1.82, 2.24) is 4.98 Å². The summed E-state index contributed by atoms with van der Waals surface area (Å²) in [5.74, 6) is 0. The smallest absolute Gasteiger partial charge is 0.0917 e. The van der Waals surface area contributed by atoms with Crippen LogP contribution in [0.5, 0.6) is 0 Å². The van der Waals surface area contributed by atoms with Crippen molar-refractivity contribution in [2.45, 2.75) is 25.9 Å². The lowest BCUT2D eigenvalue weighted by Gasteiger charge is -2.23. The number of thiazole rings is 1. The van der Waals surface area contributed by atoms with E-state index in [1.807, 2.05) is 44.3 Å². The van der Waals surface area contributed by atoms with Crippen LogP contribution >= 0.6 is 11.3 Å². The lowest BCUT2D eigenvalue weighted by atomic mass is 9.91. The van der Waals surface area contributed by atoms with E-state index in [0.29, 0.717) is 6.42 Å². The quantitative estimate of drug-likeness (QED) is 0.884. The molecule has 0 amide bonds. The first kappa shape index (κ1) is 11.3. The third-order valence-electron chi connectivity index (χ3n) is 2.68. The second kappa shape index (κ2) is 4.36. The first-order valence-electron chi connectivity index (χ1n) is 5.25. The van der Waals surface area contributed by atoms with Gasteiger partial charge in [0.15, 0.2) is 0 Å². The van der Waals surface area contributed by atoms with Gasteiger partial charge in [0, 0.05) is 17.5 Å². The minimum Gasteiger partial charge on any atom is -0.385 e. The molecule has 1 unspecified atom stereocenters. The summed E-state index contributed by atoms with van der Waals surface area (Å²) < 4.78 is 0. The maximum absolute atomic E-state index is 10.4. The molecule has 0 saturated carbocycles. The fourth-order valence-electron chi connectivity index (χ4n) is 1.68. The van der Waals surface area contributed by atoms with E-state index in [9.17, 15) is 5.11 Å². The van der Waals surface area contributed by atoms with E-state index in [2.05, 4.69) is 4.98 Å². The highest BCUT2D eigenvalue weighted by Crippen LogP contribution is 2.26. The summed E-state index contributed by atoms with van der Waals surface area (Å²) in [6.45, 7) is 3.89. The highest BCUT2D eigenvalue weighted by molar-refractivity contribution is 7.09. The van der Waals surface area contributed by atoms with Gasteiger partial charge in [-0.1, -0.05) is 29.8 Å². The van der Waals surface area contributed by atoms with Crippen LogP contribution in [-0.4, -0.2) is 10.1 Å². The Hall–Kier alpha value is -1.19. The number of aryl methyl sites for hydroxylation is 1. The molecule has 0 spiro atoms. The topological polar surface area (TPSA) is 33.1 Å². The van der Waals surface area contributed by atoms with Crippen molar-refractivity contribution < 1.29 is 5.11 Å². The number of aliphatic hydroxyl groups is 1. The van der Waals surface area contributed by atoms with E-state index in [-0.39, 0.29) is 0 Å². The molecule has 1 atom stereocenters. The Balaban J connectivity index is 2.21. The molecule has 3 heteroatoms. The maximum Gasteiger partial charge on any atom is 0.0917 e. The molecule has 1 N–H and O–H groups in total. The van der Waals surface area contributed by atoms with Crippen molar-refractivity contribution in [3.05, 3.63) is 52.0 Å². The summed E-state index contributed by atoms with van der Waals surface area (Å²) >= 11 is 1.58. The minimum atomic E-state index is -0.819. The van der Waals surface area contributed by atoms with Crippen LogP contribution in [0.2, 0.25) is 0 Å². The SMILES string of the molecule is Cc1ccc(C(C)(O)Cc2cncs2)cc1. The van der Waals surface area contributed by atoms with Crippen LogP contribution in [0.4, 0.5) is 0 Å². The Kier molecular flexibility index (Phi) is 3.08. The Morgan fingerprint density at radius 2 is 2.00 bits per heavy atom. The predicted molar refractivity (Wildman–Crippen MR) is 66.6 cm³/mol. The minimum absolute atomic E-state index is 0.612. The standard InChI is InChI=1S/C13H15NOS/c1-10-3-5-11(6-4-10)13(2,15)7-12-8-14-9-16-12/h3-6,8-9,15H,7H2,1-2H3. The third-order valence-corrected chi connectivity index (χ3v) is 3.46. The Morgan fingerprint density at radius 1 is 1.31 bits per heavy atom. The molecule has 1 aromatic carbocycles. The number of hydrogen-bond donors (Lipinski definition) is 1. The van der Waals surface area contributed by atoms with Crippen molar-refractivity contribution in [1.29, 1.82) is 0 Å². The normalized spacial score (nSPS) is 14.7. The Bertz CT molecular complexity index is 445. The zero-order valence-corrected chi connectivity index (χ0v) is 10.3. The highest BCUT2D eigenvalue weighted by Gasteiger charge is 2.23. The van der Waals surface area contributed by atoms with Crippen molar-refractivity contribution in [2.24, 2.45) is 0 Å². The van der Waals surface area contributed by atoms with Crippen LogP contribution in [0.3, 0.4) is 0 Å². The average molecular weight is 233 g/mol. The van der Waals surface area contributed by atoms with Gasteiger partial charge in [0.25, 0.3) is 0 Å². The highest BCUT2D eigenvalue weighted by atomic mass is 32.1. The van der Waals surface area contributed by atoms with Gasteiger partial charge in [-0.2, -0.15) is 0 Å². The molecule has 1 heterocycles. The first-order valence-corrected chi connectivity index (χ1v) is 6.13. The molecule has 0 aliphatic carbocycles. The van der Waals surface area contributed by atoms with Crippen LogP contribution < -0.4 is 0 Å². The molecule has 1 aromatic heterocycles. The van der Waals surface area contributed by atoms with Crippen molar-refractivity contribution in [2.75, 3.05) is 0 Å². The van der Waals surface area contributed by atoms with E-state index >= 15 is 0 Å². The molecule has 2 nitrogen and oxygen atoms in total. The molecule has 2 aromatic rings. The van der Waals surface area contributed by atoms with Crippen LogP contribution in [0.1, 0.15) is 22.9 Å². The van der Waals surface area contributed by atoms with E-state index in [0.717, 1.165) is 10.4 Å². The van der Waals surface area contributed by atoms with Crippen molar-refractivity contribution in [3.63, 3.8) is 0 Å². The fraction of sp³-hybridized carbons (Fsp3) is 0.308. The van der Waals surface area contributed by atoms with Crippen LogP contribution in [-0.2, 0) is 12.0 Å². The van der Waals surface area contributed by atoms with Gasteiger partial charge in [0.05, 0.1) is 11.1 Å². The summed E-state index contributed by atoms with van der Waals surface area (Å²) in [5, 5.41) is 10.4. The monoisotopic (exact) mass is 233 g/mol. The number of nitrogens with zero attached hydrogens (tertiary/aromatic N) is 1. The summed E-state index contributed by atoms with van der Waals surface area (Å²) in [7, 11) is 0. The number of aromatic nitrogens is 1. The van der Waals surface area contributed by atoms with Gasteiger partial charge in [0.2, 0.25) is 0 Å². The lowest BCUT2D eigenvalue weighted by Crippen LogP contribution is -2.23. The number of benzene rings is 1. The zero-order chi connectivity index (χ0) is 11.6. The van der Waals surface area contributed by atoms with Gasteiger partial charge in [-0.3, -0.25) is 4.98 Å². The largest absolute Gasteiger partial charge is 0.385 e. The summed E-state index contributed by atoms with van der Waals surface area (Å²) in [6.07, 6.45) is 2.42. The Labute approximate surface area is 99.6 Å². The lowest BCUT2D eigenvalue weighted by molar-refractivity contribution is 0.0584. The van der Waals surface area contributed by atoms with Crippen LogP contribution in [0.25, 0.3) is 0 Å². The predicted octanol–water partition coefficient (Wildman–Crippen LogP) is 2.90. The number of rotatable bonds is 3. The maximum atomic E-state index is 10.4. The van der Waals surface area contributed by atoms with Crippen LogP contribution in [0, 0.1) is 6.92 Å². The Morgan fingerprint density at radius 3 is 2.56 bits per heavy atom. The summed E-state index contributed by atoms with van der Waals surface area (Å²) in [6, 6.07) is 8.01. The molecule has 84 valence electrons. The molecular formula is C13H15NOS. The van der Waals surface area contributed by atoms with Gasteiger partial charge in [0.1, 0.15) is 0 Å². The average Bonchev–Trinajstić information content (AvgIpc) is 2.70. The van der Waals surface area contributed by atoms with Gasteiger partial charge in [-0.25, -0.2) is 0 Å². The van der Waals surface area contributed by atoms with E-state index in [1.54, 1.807) is 16.8 Å². The van der Waals surface area contributed by atoms with Gasteiger partial charge in [-0.15, -0.1) is 11.3 Å². The third kappa shape index (κ3) is 2.49. The molecule has 0 aliphatic heterocycles. The second-order valence-electron chi connectivity index (χ2n) is 4.28. The second-order valence-corrected chi connectivity index (χ2v) is 5.26. The van der Waals surface area contributed by atoms with Crippen molar-refractivity contribution in [3.8, 4) is 0 Å². The summed E-state index contributed by atoms with van der Waals surface area (Å²) in [5.41, 5.74) is 3.13. The molecule has 2 rings (SSSR count). The summed E-state index contributed by atoms with van der Waals surface area (Å²) in [4.78, 5) is 5.12. The number of hydrogen-bond acceptors (Lipinski definition) is 3. The van der Waals surface area contributed by atoms with E-state index in [4.69, 9.17) is 0 Å². The van der Waals surface area contributed by atoms with Gasteiger partial charge >= 0.3 is 0 Å². The van der Waals surface area contributed by atoms with Gasteiger partial charge in [-0.05, 0) is 19.4 Å². The van der Waals surface area contributed by atoms with E-state index < -0.39 is 5.60 Å². The molecular weight excluding hydrogens is 218 g/mol. The zero-order valence-electron chi connectivity index (χ0n) is 9.47. The molecule has 0 fully saturated rings.